The molecule has 0 heterocycles. The molecule has 0 aliphatic carbocycles. The molecule has 2 aromatic carbocycles. The van der Waals surface area contributed by atoms with E-state index in [4.69, 9.17) is 10.5 Å². The Kier molecular flexibility index (Phi) is 5.59. The van der Waals surface area contributed by atoms with Gasteiger partial charge in [-0.3, -0.25) is 4.79 Å². The standard InChI is InChI=1S/C19H24N2O3/c1-19(2,23)16-10-15(8-9-17(16)20)18(22)21-11-13-4-6-14(7-5-13)12-24-3/h4-10,23H,11-12,20H2,1-3H3,(H,21,22). The van der Waals surface area contributed by atoms with Crippen LogP contribution in [0.5, 0.6) is 0 Å². The molecule has 0 unspecified atom stereocenters. The van der Waals surface area contributed by atoms with E-state index in [1.54, 1.807) is 39.2 Å². The van der Waals surface area contributed by atoms with E-state index >= 15 is 0 Å². The van der Waals surface area contributed by atoms with Crippen molar-refractivity contribution in [2.45, 2.75) is 32.6 Å². The zero-order valence-electron chi connectivity index (χ0n) is 14.3. The summed E-state index contributed by atoms with van der Waals surface area (Å²) in [5, 5.41) is 13.0. The van der Waals surface area contributed by atoms with Gasteiger partial charge in [-0.25, -0.2) is 0 Å². The second kappa shape index (κ2) is 7.47. The van der Waals surface area contributed by atoms with Crippen molar-refractivity contribution in [3.8, 4) is 0 Å². The molecule has 0 aromatic heterocycles. The zero-order chi connectivity index (χ0) is 17.7. The summed E-state index contributed by atoms with van der Waals surface area (Å²) in [6.45, 7) is 4.27. The van der Waals surface area contributed by atoms with Gasteiger partial charge in [0.25, 0.3) is 5.91 Å². The van der Waals surface area contributed by atoms with Crippen LogP contribution in [0.2, 0.25) is 0 Å². The largest absolute Gasteiger partial charge is 0.398 e. The van der Waals surface area contributed by atoms with Crippen LogP contribution >= 0.6 is 0 Å². The monoisotopic (exact) mass is 328 g/mol. The number of nitrogens with two attached hydrogens (primary N) is 1. The lowest BCUT2D eigenvalue weighted by Gasteiger charge is -2.20. The quantitative estimate of drug-likeness (QED) is 0.712. The van der Waals surface area contributed by atoms with Gasteiger partial charge in [0, 0.05) is 30.5 Å². The highest BCUT2D eigenvalue weighted by Crippen LogP contribution is 2.26. The molecule has 2 rings (SSSR count). The minimum Gasteiger partial charge on any atom is -0.398 e. The van der Waals surface area contributed by atoms with Gasteiger partial charge >= 0.3 is 0 Å². The predicted octanol–water partition coefficient (Wildman–Crippen LogP) is 2.57. The molecule has 0 saturated carbocycles. The van der Waals surface area contributed by atoms with Crippen LogP contribution < -0.4 is 11.1 Å². The SMILES string of the molecule is COCc1ccc(CNC(=O)c2ccc(N)c(C(C)(C)O)c2)cc1. The highest BCUT2D eigenvalue weighted by molar-refractivity contribution is 5.94. The van der Waals surface area contributed by atoms with Crippen LogP contribution in [0.1, 0.15) is 40.9 Å². The van der Waals surface area contributed by atoms with Crippen molar-refractivity contribution in [2.75, 3.05) is 12.8 Å². The van der Waals surface area contributed by atoms with Crippen molar-refractivity contribution < 1.29 is 14.6 Å². The van der Waals surface area contributed by atoms with Crippen molar-refractivity contribution in [1.29, 1.82) is 0 Å². The Morgan fingerprint density at radius 2 is 1.79 bits per heavy atom. The summed E-state index contributed by atoms with van der Waals surface area (Å²) in [5.41, 5.74) is 8.34. The van der Waals surface area contributed by atoms with Gasteiger partial charge in [-0.15, -0.1) is 0 Å². The summed E-state index contributed by atoms with van der Waals surface area (Å²) in [4.78, 5) is 12.3. The van der Waals surface area contributed by atoms with Gasteiger partial charge in [-0.2, -0.15) is 0 Å². The summed E-state index contributed by atoms with van der Waals surface area (Å²) < 4.78 is 5.07. The molecule has 5 nitrogen and oxygen atoms in total. The molecule has 0 radical (unpaired) electrons. The van der Waals surface area contributed by atoms with E-state index in [2.05, 4.69) is 5.32 Å². The number of ether oxygens (including phenoxy) is 1. The zero-order valence-corrected chi connectivity index (χ0v) is 14.3. The van der Waals surface area contributed by atoms with Gasteiger partial charge in [0.15, 0.2) is 0 Å². The molecule has 128 valence electrons. The lowest BCUT2D eigenvalue weighted by atomic mass is 9.94. The molecule has 24 heavy (non-hydrogen) atoms. The lowest BCUT2D eigenvalue weighted by molar-refractivity contribution is 0.0792. The maximum absolute atomic E-state index is 12.3. The topological polar surface area (TPSA) is 84.6 Å². The van der Waals surface area contributed by atoms with Gasteiger partial charge in [0.2, 0.25) is 0 Å². The number of carbonyl (C=O) groups is 1. The summed E-state index contributed by atoms with van der Waals surface area (Å²) in [6, 6.07) is 12.8. The molecule has 0 spiro atoms. The van der Waals surface area contributed by atoms with E-state index in [0.29, 0.717) is 30.0 Å². The first-order chi connectivity index (χ1) is 11.3. The van der Waals surface area contributed by atoms with Crippen LogP contribution in [0, 0.1) is 0 Å². The van der Waals surface area contributed by atoms with Crippen molar-refractivity contribution in [3.63, 3.8) is 0 Å². The van der Waals surface area contributed by atoms with Crippen LogP contribution in [0.3, 0.4) is 0 Å². The fourth-order valence-corrected chi connectivity index (χ4v) is 2.43. The van der Waals surface area contributed by atoms with Crippen LogP contribution in [0.4, 0.5) is 5.69 Å². The van der Waals surface area contributed by atoms with Crippen LogP contribution in [0.15, 0.2) is 42.5 Å². The first-order valence-electron chi connectivity index (χ1n) is 7.78. The number of amides is 1. The fourth-order valence-electron chi connectivity index (χ4n) is 2.43. The third-order valence-electron chi connectivity index (χ3n) is 3.76. The average molecular weight is 328 g/mol. The second-order valence-electron chi connectivity index (χ2n) is 6.29. The van der Waals surface area contributed by atoms with E-state index < -0.39 is 5.60 Å². The normalized spacial score (nSPS) is 11.3. The summed E-state index contributed by atoms with van der Waals surface area (Å²) in [6.07, 6.45) is 0. The van der Waals surface area contributed by atoms with Gasteiger partial charge in [-0.1, -0.05) is 24.3 Å². The van der Waals surface area contributed by atoms with Gasteiger partial charge in [-0.05, 0) is 43.2 Å². The maximum Gasteiger partial charge on any atom is 0.251 e. The number of nitrogen functional groups attached to an aromatic ring is 1. The van der Waals surface area contributed by atoms with Crippen molar-refractivity contribution in [1.82, 2.24) is 5.32 Å². The smallest absolute Gasteiger partial charge is 0.251 e. The molecule has 0 saturated heterocycles. The Morgan fingerprint density at radius 1 is 1.17 bits per heavy atom. The van der Waals surface area contributed by atoms with Gasteiger partial charge in [0.05, 0.1) is 12.2 Å². The summed E-state index contributed by atoms with van der Waals surface area (Å²) >= 11 is 0. The van der Waals surface area contributed by atoms with Crippen molar-refractivity contribution >= 4 is 11.6 Å². The average Bonchev–Trinajstić information content (AvgIpc) is 2.53. The van der Waals surface area contributed by atoms with Crippen molar-refractivity contribution in [2.24, 2.45) is 0 Å². The number of carbonyl (C=O) groups excluding carboxylic acids is 1. The van der Waals surface area contributed by atoms with E-state index in [9.17, 15) is 9.90 Å². The molecule has 1 amide bonds. The summed E-state index contributed by atoms with van der Waals surface area (Å²) in [5.74, 6) is -0.207. The number of anilines is 1. The van der Waals surface area contributed by atoms with E-state index in [1.807, 2.05) is 24.3 Å². The number of methoxy groups -OCH3 is 1. The van der Waals surface area contributed by atoms with Crippen LogP contribution in [-0.2, 0) is 23.5 Å². The summed E-state index contributed by atoms with van der Waals surface area (Å²) in [7, 11) is 1.66. The number of hydrogen-bond donors (Lipinski definition) is 3. The molecule has 0 aliphatic rings. The third kappa shape index (κ3) is 4.57. The minimum atomic E-state index is -1.10. The Hall–Kier alpha value is -2.37. The Bertz CT molecular complexity index is 704. The third-order valence-corrected chi connectivity index (χ3v) is 3.76. The molecule has 0 atom stereocenters. The van der Waals surface area contributed by atoms with Crippen molar-refractivity contribution in [3.05, 3.63) is 64.7 Å². The van der Waals surface area contributed by atoms with Gasteiger partial charge < -0.3 is 20.9 Å². The highest BCUT2D eigenvalue weighted by Gasteiger charge is 2.20. The number of benzene rings is 2. The Morgan fingerprint density at radius 3 is 2.38 bits per heavy atom. The molecule has 0 aliphatic heterocycles. The number of rotatable bonds is 6. The molecule has 0 bridgehead atoms. The first-order valence-corrected chi connectivity index (χ1v) is 7.78. The number of nitrogens with one attached hydrogen (secondary N) is 1. The number of hydrogen-bond acceptors (Lipinski definition) is 4. The molecule has 2 aromatic rings. The highest BCUT2D eigenvalue weighted by atomic mass is 16.5. The lowest BCUT2D eigenvalue weighted by Crippen LogP contribution is -2.24. The molecular weight excluding hydrogens is 304 g/mol. The van der Waals surface area contributed by atoms with Crippen LogP contribution in [-0.4, -0.2) is 18.1 Å². The minimum absolute atomic E-state index is 0.207. The van der Waals surface area contributed by atoms with Gasteiger partial charge in [0.1, 0.15) is 0 Å². The first kappa shape index (κ1) is 18.0. The molecule has 0 fully saturated rings. The van der Waals surface area contributed by atoms with E-state index in [1.165, 1.54) is 0 Å². The van der Waals surface area contributed by atoms with Crippen LogP contribution in [0.25, 0.3) is 0 Å². The Labute approximate surface area is 142 Å². The molecular formula is C19H24N2O3. The fraction of sp³-hybridized carbons (Fsp3) is 0.316. The Balaban J connectivity index is 2.05. The van der Waals surface area contributed by atoms with E-state index in [-0.39, 0.29) is 5.91 Å². The molecule has 5 heteroatoms. The predicted molar refractivity (Wildman–Crippen MR) is 94.4 cm³/mol. The van der Waals surface area contributed by atoms with E-state index in [0.717, 1.165) is 11.1 Å². The molecule has 4 N–H and O–H groups in total. The maximum atomic E-state index is 12.3. The second-order valence-corrected chi connectivity index (χ2v) is 6.29. The number of aliphatic hydroxyl groups is 1.